The molecule has 0 aromatic carbocycles. The van der Waals surface area contributed by atoms with Crippen LogP contribution in [-0.2, 0) is 9.47 Å². The van der Waals surface area contributed by atoms with Gasteiger partial charge in [-0.15, -0.1) is 0 Å². The Kier molecular flexibility index (Phi) is 3.12. The van der Waals surface area contributed by atoms with E-state index in [4.69, 9.17) is 9.47 Å². The lowest BCUT2D eigenvalue weighted by Crippen LogP contribution is -2.45. The molecule has 0 spiro atoms. The van der Waals surface area contributed by atoms with Crippen LogP contribution in [0.4, 0.5) is 0 Å². The highest BCUT2D eigenvalue weighted by Crippen LogP contribution is 2.02. The Bertz CT molecular complexity index is 95.6. The zero-order chi connectivity index (χ0) is 7.40. The third kappa shape index (κ3) is 2.25. The Morgan fingerprint density at radius 1 is 1.60 bits per heavy atom. The summed E-state index contributed by atoms with van der Waals surface area (Å²) >= 11 is 0. The summed E-state index contributed by atoms with van der Waals surface area (Å²) in [6.07, 6.45) is 0.572. The van der Waals surface area contributed by atoms with Crippen LogP contribution < -0.4 is 5.32 Å². The number of morpholine rings is 1. The van der Waals surface area contributed by atoms with E-state index in [2.05, 4.69) is 12.2 Å². The number of ether oxygens (including phenoxy) is 2. The molecule has 3 nitrogen and oxygen atoms in total. The summed E-state index contributed by atoms with van der Waals surface area (Å²) in [5.74, 6) is 0. The molecule has 2 atom stereocenters. The quantitative estimate of drug-likeness (QED) is 0.593. The molecular weight excluding hydrogens is 130 g/mol. The molecule has 3 heteroatoms. The first-order valence-corrected chi connectivity index (χ1v) is 3.68. The summed E-state index contributed by atoms with van der Waals surface area (Å²) in [5.41, 5.74) is 0. The number of nitrogens with one attached hydrogen (secondary N) is 1. The fourth-order valence-corrected chi connectivity index (χ4v) is 1.16. The van der Waals surface area contributed by atoms with Crippen molar-refractivity contribution in [2.75, 3.05) is 26.8 Å². The van der Waals surface area contributed by atoms with Gasteiger partial charge in [-0.25, -0.2) is 0 Å². The molecule has 1 rings (SSSR count). The van der Waals surface area contributed by atoms with Gasteiger partial charge in [-0.05, 0) is 6.92 Å². The molecule has 1 saturated heterocycles. The van der Waals surface area contributed by atoms with E-state index in [1.807, 2.05) is 0 Å². The lowest BCUT2D eigenvalue weighted by Gasteiger charge is -2.27. The molecule has 1 heterocycles. The highest BCUT2D eigenvalue weighted by Gasteiger charge is 2.17. The van der Waals surface area contributed by atoms with Crippen molar-refractivity contribution in [2.24, 2.45) is 0 Å². The average Bonchev–Trinajstić information content (AvgIpc) is 1.88. The van der Waals surface area contributed by atoms with Crippen LogP contribution in [0.5, 0.6) is 0 Å². The molecule has 1 aliphatic heterocycles. The second kappa shape index (κ2) is 3.91. The molecule has 0 aromatic rings. The van der Waals surface area contributed by atoms with Crippen molar-refractivity contribution in [2.45, 2.75) is 19.1 Å². The standard InChI is InChI=1S/C7H15NO2/c1-6-3-8-4-7(10-6)5-9-2/h6-8H,3-5H2,1-2H3/t6-,7?/m0/s1. The molecule has 0 aliphatic carbocycles. The topological polar surface area (TPSA) is 30.5 Å². The fraction of sp³-hybridized carbons (Fsp3) is 1.00. The minimum absolute atomic E-state index is 0.244. The third-order valence-corrected chi connectivity index (χ3v) is 1.58. The van der Waals surface area contributed by atoms with E-state index < -0.39 is 0 Å². The number of hydrogen-bond donors (Lipinski definition) is 1. The van der Waals surface area contributed by atoms with Crippen LogP contribution in [0.1, 0.15) is 6.92 Å². The summed E-state index contributed by atoms with van der Waals surface area (Å²) in [6.45, 7) is 4.63. The first-order chi connectivity index (χ1) is 4.83. The van der Waals surface area contributed by atoms with Crippen molar-refractivity contribution >= 4 is 0 Å². The first kappa shape index (κ1) is 7.98. The zero-order valence-corrected chi connectivity index (χ0v) is 6.59. The van der Waals surface area contributed by atoms with E-state index in [9.17, 15) is 0 Å². The first-order valence-electron chi connectivity index (χ1n) is 3.68. The zero-order valence-electron chi connectivity index (χ0n) is 6.59. The summed E-state index contributed by atoms with van der Waals surface area (Å²) in [7, 11) is 1.70. The van der Waals surface area contributed by atoms with Crippen molar-refractivity contribution in [1.29, 1.82) is 0 Å². The highest BCUT2D eigenvalue weighted by molar-refractivity contribution is 4.70. The van der Waals surface area contributed by atoms with Gasteiger partial charge in [0.15, 0.2) is 0 Å². The molecule has 0 saturated carbocycles. The van der Waals surface area contributed by atoms with Crippen LogP contribution in [0.15, 0.2) is 0 Å². The predicted octanol–water partition coefficient (Wildman–Crippen LogP) is 0.00970. The smallest absolute Gasteiger partial charge is 0.0936 e. The monoisotopic (exact) mass is 145 g/mol. The van der Waals surface area contributed by atoms with Crippen LogP contribution in [0.2, 0.25) is 0 Å². The minimum atomic E-state index is 0.244. The van der Waals surface area contributed by atoms with Crippen molar-refractivity contribution in [3.05, 3.63) is 0 Å². The fourth-order valence-electron chi connectivity index (χ4n) is 1.16. The second-order valence-electron chi connectivity index (χ2n) is 2.68. The number of rotatable bonds is 2. The summed E-state index contributed by atoms with van der Waals surface area (Å²) in [4.78, 5) is 0. The number of hydrogen-bond acceptors (Lipinski definition) is 3. The molecule has 1 fully saturated rings. The molecule has 0 amide bonds. The normalized spacial score (nSPS) is 34.2. The van der Waals surface area contributed by atoms with Gasteiger partial charge in [-0.2, -0.15) is 0 Å². The van der Waals surface area contributed by atoms with Gasteiger partial charge in [0.05, 0.1) is 18.8 Å². The van der Waals surface area contributed by atoms with E-state index in [-0.39, 0.29) is 6.10 Å². The van der Waals surface area contributed by atoms with Gasteiger partial charge < -0.3 is 14.8 Å². The van der Waals surface area contributed by atoms with E-state index in [1.54, 1.807) is 7.11 Å². The molecule has 0 bridgehead atoms. The summed E-state index contributed by atoms with van der Waals surface area (Å²) in [5, 5.41) is 3.26. The lowest BCUT2D eigenvalue weighted by molar-refractivity contribution is -0.0602. The van der Waals surface area contributed by atoms with Crippen LogP contribution in [-0.4, -0.2) is 39.0 Å². The van der Waals surface area contributed by atoms with Gasteiger partial charge in [0, 0.05) is 20.2 Å². The van der Waals surface area contributed by atoms with Crippen LogP contribution >= 0.6 is 0 Å². The van der Waals surface area contributed by atoms with E-state index in [0.717, 1.165) is 13.1 Å². The Hall–Kier alpha value is -0.120. The molecule has 60 valence electrons. The Morgan fingerprint density at radius 2 is 2.40 bits per heavy atom. The summed E-state index contributed by atoms with van der Waals surface area (Å²) in [6, 6.07) is 0. The Balaban J connectivity index is 2.18. The van der Waals surface area contributed by atoms with Crippen molar-refractivity contribution < 1.29 is 9.47 Å². The van der Waals surface area contributed by atoms with E-state index in [1.165, 1.54) is 0 Å². The van der Waals surface area contributed by atoms with Gasteiger partial charge in [-0.3, -0.25) is 0 Å². The molecule has 0 aromatic heterocycles. The highest BCUT2D eigenvalue weighted by atomic mass is 16.5. The largest absolute Gasteiger partial charge is 0.382 e. The van der Waals surface area contributed by atoms with Crippen LogP contribution in [0, 0.1) is 0 Å². The molecule has 10 heavy (non-hydrogen) atoms. The van der Waals surface area contributed by atoms with E-state index in [0.29, 0.717) is 12.7 Å². The molecule has 1 unspecified atom stereocenters. The maximum atomic E-state index is 5.54. The van der Waals surface area contributed by atoms with Crippen LogP contribution in [0.25, 0.3) is 0 Å². The maximum absolute atomic E-state index is 5.54. The molecule has 1 N–H and O–H groups in total. The predicted molar refractivity (Wildman–Crippen MR) is 39.1 cm³/mol. The summed E-state index contributed by atoms with van der Waals surface area (Å²) < 4.78 is 10.5. The average molecular weight is 145 g/mol. The van der Waals surface area contributed by atoms with Gasteiger partial charge in [-0.1, -0.05) is 0 Å². The third-order valence-electron chi connectivity index (χ3n) is 1.58. The van der Waals surface area contributed by atoms with Crippen molar-refractivity contribution in [3.8, 4) is 0 Å². The Morgan fingerprint density at radius 3 is 3.00 bits per heavy atom. The lowest BCUT2D eigenvalue weighted by atomic mass is 10.2. The maximum Gasteiger partial charge on any atom is 0.0936 e. The minimum Gasteiger partial charge on any atom is -0.382 e. The van der Waals surface area contributed by atoms with Gasteiger partial charge in [0.25, 0.3) is 0 Å². The second-order valence-corrected chi connectivity index (χ2v) is 2.68. The molecule has 1 aliphatic rings. The molecule has 0 radical (unpaired) electrons. The van der Waals surface area contributed by atoms with Crippen molar-refractivity contribution in [3.63, 3.8) is 0 Å². The molecular formula is C7H15NO2. The van der Waals surface area contributed by atoms with E-state index >= 15 is 0 Å². The SMILES string of the molecule is COCC1CNC[C@H](C)O1. The Labute approximate surface area is 61.7 Å². The van der Waals surface area contributed by atoms with Crippen LogP contribution in [0.3, 0.4) is 0 Å². The van der Waals surface area contributed by atoms with Gasteiger partial charge in [0.1, 0.15) is 0 Å². The van der Waals surface area contributed by atoms with Gasteiger partial charge >= 0.3 is 0 Å². The van der Waals surface area contributed by atoms with Crippen molar-refractivity contribution in [1.82, 2.24) is 5.32 Å². The number of methoxy groups -OCH3 is 1. The van der Waals surface area contributed by atoms with Gasteiger partial charge in [0.2, 0.25) is 0 Å².